The van der Waals surface area contributed by atoms with E-state index in [0.717, 1.165) is 36.1 Å². The van der Waals surface area contributed by atoms with Crippen LogP contribution < -0.4 is 5.32 Å². The second kappa shape index (κ2) is 4.73. The van der Waals surface area contributed by atoms with E-state index in [9.17, 15) is 0 Å². The highest BCUT2D eigenvalue weighted by Crippen LogP contribution is 2.58. The number of piperidine rings is 1. The molecule has 1 saturated heterocycles. The van der Waals surface area contributed by atoms with Gasteiger partial charge in [0.2, 0.25) is 0 Å². The molecule has 5 aliphatic rings. The zero-order valence-electron chi connectivity index (χ0n) is 12.4. The molecule has 4 saturated carbocycles. The summed E-state index contributed by atoms with van der Waals surface area (Å²) in [6.45, 7) is 2.28. The molecule has 4 aliphatic carbocycles. The lowest BCUT2D eigenvalue weighted by Gasteiger charge is -2.56. The van der Waals surface area contributed by atoms with E-state index < -0.39 is 0 Å². The van der Waals surface area contributed by atoms with Gasteiger partial charge in [0, 0.05) is 13.7 Å². The molecule has 108 valence electrons. The van der Waals surface area contributed by atoms with E-state index in [1.165, 1.54) is 25.8 Å². The average molecular weight is 263 g/mol. The minimum Gasteiger partial charge on any atom is -0.377 e. The molecule has 19 heavy (non-hydrogen) atoms. The van der Waals surface area contributed by atoms with Crippen LogP contribution in [0.3, 0.4) is 0 Å². The maximum atomic E-state index is 6.02. The topological polar surface area (TPSA) is 21.3 Å². The molecule has 0 aromatic heterocycles. The smallest absolute Gasteiger partial charge is 0.0805 e. The van der Waals surface area contributed by atoms with E-state index in [-0.39, 0.29) is 5.60 Å². The van der Waals surface area contributed by atoms with Gasteiger partial charge < -0.3 is 10.1 Å². The van der Waals surface area contributed by atoms with Gasteiger partial charge in [-0.05, 0) is 87.5 Å². The Kier molecular flexibility index (Phi) is 3.15. The van der Waals surface area contributed by atoms with Crippen molar-refractivity contribution >= 4 is 0 Å². The first-order valence-electron chi connectivity index (χ1n) is 8.54. The van der Waals surface area contributed by atoms with E-state index in [0.29, 0.717) is 0 Å². The van der Waals surface area contributed by atoms with Crippen LogP contribution in [0.2, 0.25) is 0 Å². The van der Waals surface area contributed by atoms with Crippen molar-refractivity contribution in [3.63, 3.8) is 0 Å². The van der Waals surface area contributed by atoms with Crippen LogP contribution in [0.4, 0.5) is 0 Å². The lowest BCUT2D eigenvalue weighted by molar-refractivity contribution is -0.101. The molecule has 2 nitrogen and oxygen atoms in total. The van der Waals surface area contributed by atoms with Crippen molar-refractivity contribution in [1.29, 1.82) is 0 Å². The Balaban J connectivity index is 1.50. The predicted octanol–water partition coefficient (Wildman–Crippen LogP) is 3.22. The number of hydrogen-bond acceptors (Lipinski definition) is 2. The first kappa shape index (κ1) is 12.6. The van der Waals surface area contributed by atoms with Gasteiger partial charge in [0.1, 0.15) is 0 Å². The van der Waals surface area contributed by atoms with Gasteiger partial charge in [-0.25, -0.2) is 0 Å². The zero-order chi connectivity index (χ0) is 12.9. The molecule has 5 fully saturated rings. The summed E-state index contributed by atoms with van der Waals surface area (Å²) in [7, 11) is 1.95. The minimum atomic E-state index is 0.165. The SMILES string of the molecule is COC1(CC2C3CC4CC(C3)CC2C4)CCCNC1. The summed E-state index contributed by atoms with van der Waals surface area (Å²) in [6, 6.07) is 0. The van der Waals surface area contributed by atoms with E-state index in [1.54, 1.807) is 32.1 Å². The van der Waals surface area contributed by atoms with E-state index in [1.807, 2.05) is 7.11 Å². The van der Waals surface area contributed by atoms with Gasteiger partial charge in [-0.3, -0.25) is 0 Å². The Morgan fingerprint density at radius 3 is 2.26 bits per heavy atom. The Hall–Kier alpha value is -0.0800. The number of rotatable bonds is 3. The van der Waals surface area contributed by atoms with Crippen molar-refractivity contribution in [2.45, 2.75) is 57.0 Å². The van der Waals surface area contributed by atoms with Gasteiger partial charge in [0.25, 0.3) is 0 Å². The van der Waals surface area contributed by atoms with Gasteiger partial charge in [0.05, 0.1) is 5.60 Å². The fourth-order valence-corrected chi connectivity index (χ4v) is 6.17. The first-order valence-corrected chi connectivity index (χ1v) is 8.54. The number of nitrogens with one attached hydrogen (secondary N) is 1. The van der Waals surface area contributed by atoms with Gasteiger partial charge in [-0.1, -0.05) is 0 Å². The van der Waals surface area contributed by atoms with Crippen LogP contribution in [0.1, 0.15) is 51.4 Å². The lowest BCUT2D eigenvalue weighted by Crippen LogP contribution is -2.53. The monoisotopic (exact) mass is 263 g/mol. The van der Waals surface area contributed by atoms with Crippen molar-refractivity contribution in [2.75, 3.05) is 20.2 Å². The van der Waals surface area contributed by atoms with Crippen LogP contribution >= 0.6 is 0 Å². The molecule has 0 amide bonds. The largest absolute Gasteiger partial charge is 0.377 e. The van der Waals surface area contributed by atoms with Crippen LogP contribution in [0.25, 0.3) is 0 Å². The van der Waals surface area contributed by atoms with Gasteiger partial charge in [0.15, 0.2) is 0 Å². The maximum absolute atomic E-state index is 6.02. The molecule has 1 N–H and O–H groups in total. The molecule has 1 unspecified atom stereocenters. The zero-order valence-corrected chi connectivity index (χ0v) is 12.4. The molecule has 0 aromatic rings. The third kappa shape index (κ3) is 2.15. The summed E-state index contributed by atoms with van der Waals surface area (Å²) in [5, 5.41) is 3.57. The average Bonchev–Trinajstić information content (AvgIpc) is 2.43. The quantitative estimate of drug-likeness (QED) is 0.844. The minimum absolute atomic E-state index is 0.165. The number of hydrogen-bond donors (Lipinski definition) is 1. The third-order valence-electron chi connectivity index (χ3n) is 6.90. The van der Waals surface area contributed by atoms with Gasteiger partial charge in [-0.15, -0.1) is 0 Å². The lowest BCUT2D eigenvalue weighted by atomic mass is 9.50. The normalized spacial score (nSPS) is 52.6. The van der Waals surface area contributed by atoms with Crippen LogP contribution in [-0.4, -0.2) is 25.8 Å². The Morgan fingerprint density at radius 2 is 1.74 bits per heavy atom. The predicted molar refractivity (Wildman–Crippen MR) is 77.0 cm³/mol. The summed E-state index contributed by atoms with van der Waals surface area (Å²) >= 11 is 0. The molecule has 1 heterocycles. The van der Waals surface area contributed by atoms with Crippen LogP contribution in [-0.2, 0) is 4.74 Å². The number of ether oxygens (including phenoxy) is 1. The van der Waals surface area contributed by atoms with Crippen LogP contribution in [0, 0.1) is 29.6 Å². The van der Waals surface area contributed by atoms with Crippen LogP contribution in [0.5, 0.6) is 0 Å². The molecule has 1 atom stereocenters. The van der Waals surface area contributed by atoms with Gasteiger partial charge >= 0.3 is 0 Å². The summed E-state index contributed by atoms with van der Waals surface area (Å²) < 4.78 is 6.02. The van der Waals surface area contributed by atoms with Crippen molar-refractivity contribution in [3.05, 3.63) is 0 Å². The standard InChI is InChI=1S/C17H29NO/c1-19-17(3-2-4-18-11-17)10-16-14-6-12-5-13(8-14)9-15(16)7-12/h12-16,18H,2-11H2,1H3. The van der Waals surface area contributed by atoms with E-state index >= 15 is 0 Å². The van der Waals surface area contributed by atoms with Crippen molar-refractivity contribution in [1.82, 2.24) is 5.32 Å². The summed E-state index contributed by atoms with van der Waals surface area (Å²) in [6.07, 6.45) is 11.7. The molecule has 4 bridgehead atoms. The third-order valence-corrected chi connectivity index (χ3v) is 6.90. The second-order valence-electron chi connectivity index (χ2n) is 7.97. The highest BCUT2D eigenvalue weighted by atomic mass is 16.5. The molecule has 2 heteroatoms. The van der Waals surface area contributed by atoms with E-state index in [2.05, 4.69) is 5.32 Å². The van der Waals surface area contributed by atoms with Crippen molar-refractivity contribution in [2.24, 2.45) is 29.6 Å². The van der Waals surface area contributed by atoms with Crippen molar-refractivity contribution < 1.29 is 4.74 Å². The van der Waals surface area contributed by atoms with Gasteiger partial charge in [-0.2, -0.15) is 0 Å². The first-order chi connectivity index (χ1) is 9.28. The summed E-state index contributed by atoms with van der Waals surface area (Å²) in [5.74, 6) is 5.27. The molecular weight excluding hydrogens is 234 g/mol. The van der Waals surface area contributed by atoms with Crippen LogP contribution in [0.15, 0.2) is 0 Å². The Labute approximate surface area is 117 Å². The maximum Gasteiger partial charge on any atom is 0.0805 e. The highest BCUT2D eigenvalue weighted by Gasteiger charge is 2.50. The molecule has 5 rings (SSSR count). The fraction of sp³-hybridized carbons (Fsp3) is 1.00. The number of methoxy groups -OCH3 is 1. The Morgan fingerprint density at radius 1 is 1.05 bits per heavy atom. The van der Waals surface area contributed by atoms with Crippen molar-refractivity contribution in [3.8, 4) is 0 Å². The molecule has 1 aliphatic heterocycles. The second-order valence-corrected chi connectivity index (χ2v) is 7.97. The summed E-state index contributed by atoms with van der Waals surface area (Å²) in [4.78, 5) is 0. The molecule has 0 radical (unpaired) electrons. The highest BCUT2D eigenvalue weighted by molar-refractivity contribution is 5.01. The molecular formula is C17H29NO. The summed E-state index contributed by atoms with van der Waals surface area (Å²) in [5.41, 5.74) is 0.165. The molecule has 0 spiro atoms. The Bertz CT molecular complexity index is 306. The molecule has 0 aromatic carbocycles. The van der Waals surface area contributed by atoms with E-state index in [4.69, 9.17) is 4.74 Å². The fourth-order valence-electron chi connectivity index (χ4n) is 6.17.